The Balaban J connectivity index is 2.13. The van der Waals surface area contributed by atoms with E-state index in [0.717, 1.165) is 5.56 Å². The molecule has 2 rings (SSSR count). The lowest BCUT2D eigenvalue weighted by Crippen LogP contribution is -2.26. The lowest BCUT2D eigenvalue weighted by Gasteiger charge is -2.16. The van der Waals surface area contributed by atoms with Gasteiger partial charge in [0, 0.05) is 5.56 Å². The van der Waals surface area contributed by atoms with E-state index in [1.54, 1.807) is 26.4 Å². The van der Waals surface area contributed by atoms with Crippen molar-refractivity contribution in [3.05, 3.63) is 59.7 Å². The standard InChI is InChI=1S/C17H19NO3/c1-12(18-17(19)13-7-5-4-6-8-13)14-9-10-15(20-2)16(11-14)21-3/h4-12H,1-3H3,(H,18,19)/t12-/m0/s1. The van der Waals surface area contributed by atoms with Crippen molar-refractivity contribution >= 4 is 5.91 Å². The molecule has 0 saturated heterocycles. The van der Waals surface area contributed by atoms with E-state index in [0.29, 0.717) is 17.1 Å². The van der Waals surface area contributed by atoms with Crippen LogP contribution in [0, 0.1) is 0 Å². The van der Waals surface area contributed by atoms with E-state index in [-0.39, 0.29) is 11.9 Å². The molecule has 0 saturated carbocycles. The van der Waals surface area contributed by atoms with Gasteiger partial charge in [-0.15, -0.1) is 0 Å². The predicted octanol–water partition coefficient (Wildman–Crippen LogP) is 3.19. The largest absolute Gasteiger partial charge is 0.493 e. The van der Waals surface area contributed by atoms with Crippen LogP contribution in [0.5, 0.6) is 11.5 Å². The van der Waals surface area contributed by atoms with Crippen LogP contribution in [0.25, 0.3) is 0 Å². The van der Waals surface area contributed by atoms with Gasteiger partial charge in [-0.05, 0) is 36.8 Å². The molecule has 110 valence electrons. The number of methoxy groups -OCH3 is 2. The quantitative estimate of drug-likeness (QED) is 0.917. The molecule has 0 aliphatic heterocycles. The molecule has 0 aliphatic carbocycles. The Labute approximate surface area is 124 Å². The van der Waals surface area contributed by atoms with Crippen molar-refractivity contribution in [3.63, 3.8) is 0 Å². The van der Waals surface area contributed by atoms with Crippen LogP contribution in [0.1, 0.15) is 28.9 Å². The Morgan fingerprint density at radius 1 is 1.00 bits per heavy atom. The Morgan fingerprint density at radius 2 is 1.67 bits per heavy atom. The number of ether oxygens (including phenoxy) is 2. The van der Waals surface area contributed by atoms with Gasteiger partial charge in [-0.25, -0.2) is 0 Å². The zero-order chi connectivity index (χ0) is 15.2. The van der Waals surface area contributed by atoms with Crippen LogP contribution in [0.4, 0.5) is 0 Å². The minimum absolute atomic E-state index is 0.0992. The highest BCUT2D eigenvalue weighted by Gasteiger charge is 2.13. The smallest absolute Gasteiger partial charge is 0.251 e. The van der Waals surface area contributed by atoms with Crippen LogP contribution in [0.2, 0.25) is 0 Å². The van der Waals surface area contributed by atoms with Crippen molar-refractivity contribution in [3.8, 4) is 11.5 Å². The zero-order valence-corrected chi connectivity index (χ0v) is 12.4. The van der Waals surface area contributed by atoms with Gasteiger partial charge < -0.3 is 14.8 Å². The summed E-state index contributed by atoms with van der Waals surface area (Å²) < 4.78 is 10.5. The molecule has 4 nitrogen and oxygen atoms in total. The molecule has 2 aromatic carbocycles. The number of amides is 1. The summed E-state index contributed by atoms with van der Waals surface area (Å²) >= 11 is 0. The molecule has 0 radical (unpaired) electrons. The van der Waals surface area contributed by atoms with E-state index in [9.17, 15) is 4.79 Å². The second-order valence-electron chi connectivity index (χ2n) is 4.68. The summed E-state index contributed by atoms with van der Waals surface area (Å²) in [5, 5.41) is 2.97. The molecule has 1 N–H and O–H groups in total. The van der Waals surface area contributed by atoms with Gasteiger partial charge in [0.25, 0.3) is 5.91 Å². The molecule has 2 aromatic rings. The third-order valence-electron chi connectivity index (χ3n) is 3.29. The van der Waals surface area contributed by atoms with Crippen LogP contribution in [0.3, 0.4) is 0 Å². The summed E-state index contributed by atoms with van der Waals surface area (Å²) in [6, 6.07) is 14.6. The van der Waals surface area contributed by atoms with E-state index in [4.69, 9.17) is 9.47 Å². The summed E-state index contributed by atoms with van der Waals surface area (Å²) in [6.45, 7) is 1.93. The van der Waals surface area contributed by atoms with Crippen molar-refractivity contribution < 1.29 is 14.3 Å². The van der Waals surface area contributed by atoms with Gasteiger partial charge in [-0.3, -0.25) is 4.79 Å². The minimum Gasteiger partial charge on any atom is -0.493 e. The topological polar surface area (TPSA) is 47.6 Å². The summed E-state index contributed by atoms with van der Waals surface area (Å²) in [4.78, 5) is 12.1. The summed E-state index contributed by atoms with van der Waals surface area (Å²) in [6.07, 6.45) is 0. The fourth-order valence-electron chi connectivity index (χ4n) is 2.07. The summed E-state index contributed by atoms with van der Waals surface area (Å²) in [7, 11) is 3.19. The maximum absolute atomic E-state index is 12.1. The van der Waals surface area contributed by atoms with Crippen LogP contribution < -0.4 is 14.8 Å². The van der Waals surface area contributed by atoms with Gasteiger partial charge in [-0.2, -0.15) is 0 Å². The van der Waals surface area contributed by atoms with E-state index < -0.39 is 0 Å². The van der Waals surface area contributed by atoms with Gasteiger partial charge in [0.05, 0.1) is 20.3 Å². The van der Waals surface area contributed by atoms with Gasteiger partial charge in [0.2, 0.25) is 0 Å². The average molecular weight is 285 g/mol. The summed E-state index contributed by atoms with van der Waals surface area (Å²) in [5.74, 6) is 1.22. The highest BCUT2D eigenvalue weighted by Crippen LogP contribution is 2.29. The van der Waals surface area contributed by atoms with E-state index in [1.165, 1.54) is 0 Å². The van der Waals surface area contributed by atoms with Gasteiger partial charge in [-0.1, -0.05) is 24.3 Å². The van der Waals surface area contributed by atoms with Crippen LogP contribution in [0.15, 0.2) is 48.5 Å². The normalized spacial score (nSPS) is 11.6. The molecule has 0 bridgehead atoms. The van der Waals surface area contributed by atoms with Crippen LogP contribution in [-0.4, -0.2) is 20.1 Å². The molecule has 1 amide bonds. The van der Waals surface area contributed by atoms with Crippen LogP contribution >= 0.6 is 0 Å². The predicted molar refractivity (Wildman–Crippen MR) is 81.9 cm³/mol. The fourth-order valence-corrected chi connectivity index (χ4v) is 2.07. The molecule has 21 heavy (non-hydrogen) atoms. The number of carbonyl (C=O) groups is 1. The molecular weight excluding hydrogens is 266 g/mol. The second kappa shape index (κ2) is 6.79. The average Bonchev–Trinajstić information content (AvgIpc) is 2.54. The Hall–Kier alpha value is -2.49. The maximum atomic E-state index is 12.1. The Morgan fingerprint density at radius 3 is 2.29 bits per heavy atom. The number of benzene rings is 2. The minimum atomic E-state index is -0.127. The van der Waals surface area contributed by atoms with Gasteiger partial charge in [0.1, 0.15) is 0 Å². The number of nitrogens with one attached hydrogen (secondary N) is 1. The van der Waals surface area contributed by atoms with E-state index in [1.807, 2.05) is 43.3 Å². The van der Waals surface area contributed by atoms with Crippen molar-refractivity contribution in [1.29, 1.82) is 0 Å². The first kappa shape index (κ1) is 14.9. The third-order valence-corrected chi connectivity index (χ3v) is 3.29. The molecule has 0 aliphatic rings. The fraction of sp³-hybridized carbons (Fsp3) is 0.235. The molecule has 0 unspecified atom stereocenters. The zero-order valence-electron chi connectivity index (χ0n) is 12.4. The SMILES string of the molecule is COc1ccc([C@H](C)NC(=O)c2ccccc2)cc1OC. The number of rotatable bonds is 5. The first-order valence-corrected chi connectivity index (χ1v) is 6.73. The molecule has 0 fully saturated rings. The molecule has 1 atom stereocenters. The molecule has 0 spiro atoms. The van der Waals surface area contributed by atoms with Crippen molar-refractivity contribution in [1.82, 2.24) is 5.32 Å². The van der Waals surface area contributed by atoms with Crippen molar-refractivity contribution in [2.24, 2.45) is 0 Å². The second-order valence-corrected chi connectivity index (χ2v) is 4.68. The number of carbonyl (C=O) groups excluding carboxylic acids is 1. The van der Waals surface area contributed by atoms with Crippen LogP contribution in [-0.2, 0) is 0 Å². The lowest BCUT2D eigenvalue weighted by atomic mass is 10.1. The maximum Gasteiger partial charge on any atom is 0.251 e. The number of hydrogen-bond donors (Lipinski definition) is 1. The number of hydrogen-bond acceptors (Lipinski definition) is 3. The van der Waals surface area contributed by atoms with E-state index >= 15 is 0 Å². The monoisotopic (exact) mass is 285 g/mol. The highest BCUT2D eigenvalue weighted by atomic mass is 16.5. The summed E-state index contributed by atoms with van der Waals surface area (Å²) in [5.41, 5.74) is 1.60. The molecule has 0 heterocycles. The van der Waals surface area contributed by atoms with Gasteiger partial charge in [0.15, 0.2) is 11.5 Å². The highest BCUT2D eigenvalue weighted by molar-refractivity contribution is 5.94. The third kappa shape index (κ3) is 3.54. The Kier molecular flexibility index (Phi) is 4.82. The van der Waals surface area contributed by atoms with Crippen molar-refractivity contribution in [2.75, 3.05) is 14.2 Å². The first-order valence-electron chi connectivity index (χ1n) is 6.73. The van der Waals surface area contributed by atoms with E-state index in [2.05, 4.69) is 5.32 Å². The van der Waals surface area contributed by atoms with Gasteiger partial charge >= 0.3 is 0 Å². The Bertz CT molecular complexity index is 611. The molecular formula is C17H19NO3. The molecule has 4 heteroatoms. The lowest BCUT2D eigenvalue weighted by molar-refractivity contribution is 0.0940. The van der Waals surface area contributed by atoms with Crippen molar-refractivity contribution in [2.45, 2.75) is 13.0 Å². The molecule has 0 aromatic heterocycles. The first-order chi connectivity index (χ1) is 10.2.